The third kappa shape index (κ3) is 12.1. The number of unbranched alkanes of at least 4 members (excludes halogenated alkanes) is 9. The number of methoxy groups -OCH3 is 2. The molecule has 0 heterocycles. The van der Waals surface area contributed by atoms with Gasteiger partial charge in [0, 0.05) is 13.1 Å². The van der Waals surface area contributed by atoms with E-state index in [1.54, 1.807) is 14.2 Å². The van der Waals surface area contributed by atoms with Crippen LogP contribution in [0, 0.1) is 0 Å². The third-order valence-electron chi connectivity index (χ3n) is 5.93. The summed E-state index contributed by atoms with van der Waals surface area (Å²) in [7, 11) is 3.41. The van der Waals surface area contributed by atoms with E-state index in [4.69, 9.17) is 9.47 Å². The minimum Gasteiger partial charge on any atom is -0.497 e. The van der Waals surface area contributed by atoms with Crippen LogP contribution in [0.15, 0.2) is 48.5 Å². The third-order valence-corrected chi connectivity index (χ3v) is 5.93. The van der Waals surface area contributed by atoms with Gasteiger partial charge in [0.15, 0.2) is 0 Å². The average Bonchev–Trinajstić information content (AvgIpc) is 2.84. The predicted molar refractivity (Wildman–Crippen MR) is 136 cm³/mol. The Hall–Kier alpha value is -2.04. The Labute approximate surface area is 196 Å². The van der Waals surface area contributed by atoms with Crippen molar-refractivity contribution in [2.24, 2.45) is 0 Å². The lowest BCUT2D eigenvalue weighted by Crippen LogP contribution is -2.14. The second-order valence-corrected chi connectivity index (χ2v) is 8.59. The normalized spacial score (nSPS) is 10.9. The molecule has 0 unspecified atom stereocenters. The van der Waals surface area contributed by atoms with Gasteiger partial charge in [0.05, 0.1) is 14.2 Å². The molecule has 0 aliphatic rings. The fourth-order valence-corrected chi connectivity index (χ4v) is 3.87. The lowest BCUT2D eigenvalue weighted by Gasteiger charge is -2.07. The van der Waals surface area contributed by atoms with Gasteiger partial charge < -0.3 is 20.1 Å². The van der Waals surface area contributed by atoms with E-state index in [-0.39, 0.29) is 0 Å². The van der Waals surface area contributed by atoms with Crippen LogP contribution in [0.4, 0.5) is 0 Å². The minimum atomic E-state index is 0.923. The first kappa shape index (κ1) is 26.2. The number of hydrogen-bond donors (Lipinski definition) is 2. The monoisotopic (exact) mass is 440 g/mol. The van der Waals surface area contributed by atoms with Crippen molar-refractivity contribution in [3.05, 3.63) is 59.7 Å². The molecule has 0 radical (unpaired) electrons. The molecule has 0 atom stereocenters. The molecule has 0 fully saturated rings. The molecule has 4 nitrogen and oxygen atoms in total. The molecule has 4 heteroatoms. The van der Waals surface area contributed by atoms with Crippen LogP contribution in [-0.2, 0) is 13.1 Å². The molecular formula is C28H44N2O2. The smallest absolute Gasteiger partial charge is 0.118 e. The van der Waals surface area contributed by atoms with Crippen LogP contribution < -0.4 is 20.1 Å². The summed E-state index contributed by atoms with van der Waals surface area (Å²) in [5, 5.41) is 7.08. The first-order valence-corrected chi connectivity index (χ1v) is 12.5. The zero-order valence-electron chi connectivity index (χ0n) is 20.3. The Morgan fingerprint density at radius 3 is 1.09 bits per heavy atom. The molecule has 2 rings (SSSR count). The molecule has 2 N–H and O–H groups in total. The van der Waals surface area contributed by atoms with Crippen molar-refractivity contribution < 1.29 is 9.47 Å². The molecule has 0 aliphatic carbocycles. The van der Waals surface area contributed by atoms with Crippen molar-refractivity contribution in [2.45, 2.75) is 77.3 Å². The van der Waals surface area contributed by atoms with Gasteiger partial charge in [-0.05, 0) is 61.3 Å². The SMILES string of the molecule is COc1ccc(CNCCCCCCCCCCCCNCc2ccc(OC)cc2)cc1. The van der Waals surface area contributed by atoms with Gasteiger partial charge >= 0.3 is 0 Å². The molecule has 0 saturated carbocycles. The van der Waals surface area contributed by atoms with Crippen molar-refractivity contribution in [1.82, 2.24) is 10.6 Å². The first-order chi connectivity index (χ1) is 15.8. The van der Waals surface area contributed by atoms with E-state index in [2.05, 4.69) is 34.9 Å². The van der Waals surface area contributed by atoms with Crippen molar-refractivity contribution in [3.8, 4) is 11.5 Å². The lowest BCUT2D eigenvalue weighted by atomic mass is 10.1. The minimum absolute atomic E-state index is 0.923. The van der Waals surface area contributed by atoms with E-state index >= 15 is 0 Å². The highest BCUT2D eigenvalue weighted by atomic mass is 16.5. The van der Waals surface area contributed by atoms with Gasteiger partial charge in [-0.25, -0.2) is 0 Å². The van der Waals surface area contributed by atoms with E-state index in [0.717, 1.165) is 37.7 Å². The molecule has 0 saturated heterocycles. The second-order valence-electron chi connectivity index (χ2n) is 8.59. The summed E-state index contributed by atoms with van der Waals surface area (Å²) in [6, 6.07) is 16.6. The molecule has 32 heavy (non-hydrogen) atoms. The fraction of sp³-hybridized carbons (Fsp3) is 0.571. The molecule has 0 amide bonds. The highest BCUT2D eigenvalue weighted by molar-refractivity contribution is 5.27. The maximum atomic E-state index is 5.19. The van der Waals surface area contributed by atoms with E-state index in [9.17, 15) is 0 Å². The molecule has 0 spiro atoms. The summed E-state index contributed by atoms with van der Waals surface area (Å²) in [5.41, 5.74) is 2.64. The van der Waals surface area contributed by atoms with E-state index < -0.39 is 0 Å². The quantitative estimate of drug-likeness (QED) is 0.245. The Bertz CT molecular complexity index is 624. The molecular weight excluding hydrogens is 396 g/mol. The number of ether oxygens (including phenoxy) is 2. The number of benzene rings is 2. The van der Waals surface area contributed by atoms with Crippen LogP contribution in [0.2, 0.25) is 0 Å². The van der Waals surface area contributed by atoms with E-state index in [0.29, 0.717) is 0 Å². The molecule has 178 valence electrons. The summed E-state index contributed by atoms with van der Waals surface area (Å²) < 4.78 is 10.4. The van der Waals surface area contributed by atoms with Crippen molar-refractivity contribution in [3.63, 3.8) is 0 Å². The van der Waals surface area contributed by atoms with E-state index in [1.807, 2.05) is 24.3 Å². The molecule has 0 aliphatic heterocycles. The summed E-state index contributed by atoms with van der Waals surface area (Å²) >= 11 is 0. The van der Waals surface area contributed by atoms with Crippen molar-refractivity contribution in [1.29, 1.82) is 0 Å². The molecule has 2 aromatic carbocycles. The zero-order valence-corrected chi connectivity index (χ0v) is 20.3. The van der Waals surface area contributed by atoms with Gasteiger partial charge in [0.25, 0.3) is 0 Å². The van der Waals surface area contributed by atoms with Crippen LogP contribution in [0.5, 0.6) is 11.5 Å². The van der Waals surface area contributed by atoms with Crippen LogP contribution in [-0.4, -0.2) is 27.3 Å². The Morgan fingerprint density at radius 2 is 0.781 bits per heavy atom. The van der Waals surface area contributed by atoms with Gasteiger partial charge in [0.1, 0.15) is 11.5 Å². The number of nitrogens with one attached hydrogen (secondary N) is 2. The second kappa shape index (κ2) is 17.5. The summed E-state index contributed by atoms with van der Waals surface area (Å²) in [6.07, 6.45) is 13.6. The highest BCUT2D eigenvalue weighted by Crippen LogP contribution is 2.13. The number of rotatable bonds is 19. The van der Waals surface area contributed by atoms with Crippen LogP contribution in [0.1, 0.15) is 75.3 Å². The Morgan fingerprint density at radius 1 is 0.469 bits per heavy atom. The predicted octanol–water partition coefficient (Wildman–Crippen LogP) is 6.48. The van der Waals surface area contributed by atoms with Gasteiger partial charge in [0.2, 0.25) is 0 Å². The highest BCUT2D eigenvalue weighted by Gasteiger charge is 1.97. The van der Waals surface area contributed by atoms with E-state index in [1.165, 1.54) is 75.3 Å². The van der Waals surface area contributed by atoms with Crippen molar-refractivity contribution in [2.75, 3.05) is 27.3 Å². The molecule has 0 aromatic heterocycles. The Kier molecular flexibility index (Phi) is 14.3. The lowest BCUT2D eigenvalue weighted by molar-refractivity contribution is 0.414. The van der Waals surface area contributed by atoms with Crippen LogP contribution in [0.25, 0.3) is 0 Å². The largest absolute Gasteiger partial charge is 0.497 e. The van der Waals surface area contributed by atoms with Crippen LogP contribution in [0.3, 0.4) is 0 Å². The van der Waals surface area contributed by atoms with Gasteiger partial charge in [-0.2, -0.15) is 0 Å². The zero-order chi connectivity index (χ0) is 22.7. The van der Waals surface area contributed by atoms with Gasteiger partial charge in [-0.1, -0.05) is 75.6 Å². The first-order valence-electron chi connectivity index (χ1n) is 12.5. The topological polar surface area (TPSA) is 42.5 Å². The molecule has 2 aromatic rings. The van der Waals surface area contributed by atoms with Gasteiger partial charge in [-0.15, -0.1) is 0 Å². The standard InChI is InChI=1S/C28H44N2O2/c1-31-27-17-13-25(14-18-27)23-29-21-11-9-7-5-3-4-6-8-10-12-22-30-24-26-15-19-28(32-2)20-16-26/h13-20,29-30H,3-12,21-24H2,1-2H3. The maximum absolute atomic E-state index is 5.19. The van der Waals surface area contributed by atoms with Gasteiger partial charge in [-0.3, -0.25) is 0 Å². The summed E-state index contributed by atoms with van der Waals surface area (Å²) in [4.78, 5) is 0. The fourth-order valence-electron chi connectivity index (χ4n) is 3.87. The molecule has 0 bridgehead atoms. The summed E-state index contributed by atoms with van der Waals surface area (Å²) in [6.45, 7) is 4.11. The van der Waals surface area contributed by atoms with Crippen molar-refractivity contribution >= 4 is 0 Å². The number of hydrogen-bond acceptors (Lipinski definition) is 4. The Balaban J connectivity index is 1.29. The maximum Gasteiger partial charge on any atom is 0.118 e. The van der Waals surface area contributed by atoms with Crippen LogP contribution >= 0.6 is 0 Å². The summed E-state index contributed by atoms with van der Waals surface area (Å²) in [5.74, 6) is 1.85. The average molecular weight is 441 g/mol.